The highest BCUT2D eigenvalue weighted by atomic mass is 35.5. The molecule has 0 heterocycles. The number of halogens is 1. The Hall–Kier alpha value is -0.850. The summed E-state index contributed by atoms with van der Waals surface area (Å²) < 4.78 is 4.86. The Morgan fingerprint density at radius 1 is 1.39 bits per heavy atom. The van der Waals surface area contributed by atoms with Crippen LogP contribution < -0.4 is 11.1 Å². The first-order valence-electron chi connectivity index (χ1n) is 5.59. The summed E-state index contributed by atoms with van der Waals surface area (Å²) in [5, 5.41) is 2.70. The largest absolute Gasteiger partial charge is 0.385 e. The van der Waals surface area contributed by atoms with Gasteiger partial charge in [0.1, 0.15) is 0 Å². The summed E-state index contributed by atoms with van der Waals surface area (Å²) in [6.45, 7) is 4.39. The third-order valence-corrected chi connectivity index (χ3v) is 2.13. The van der Waals surface area contributed by atoms with Crippen LogP contribution in [0.1, 0.15) is 20.3 Å². The zero-order valence-corrected chi connectivity index (χ0v) is 12.3. The van der Waals surface area contributed by atoms with Crippen molar-refractivity contribution in [2.75, 3.05) is 33.9 Å². The molecule has 0 aromatic heterocycles. The molecular weight excluding hydrogens is 258 g/mol. The summed E-state index contributed by atoms with van der Waals surface area (Å²) in [6.07, 6.45) is 0.752. The first-order chi connectivity index (χ1) is 7.79. The lowest BCUT2D eigenvalue weighted by atomic mass is 10.1. The Bertz CT molecular complexity index is 267. The van der Waals surface area contributed by atoms with Crippen LogP contribution in [0.5, 0.6) is 0 Å². The summed E-state index contributed by atoms with van der Waals surface area (Å²) in [4.78, 5) is 24.5. The molecule has 0 saturated heterocycles. The number of amides is 2. The lowest BCUT2D eigenvalue weighted by molar-refractivity contribution is -0.138. The van der Waals surface area contributed by atoms with Crippen LogP contribution in [0.25, 0.3) is 0 Å². The van der Waals surface area contributed by atoms with Gasteiger partial charge in [0.15, 0.2) is 0 Å². The number of nitrogens with one attached hydrogen (secondary N) is 1. The van der Waals surface area contributed by atoms with Gasteiger partial charge in [0.05, 0.1) is 12.1 Å². The van der Waals surface area contributed by atoms with Crippen molar-refractivity contribution in [3.8, 4) is 0 Å². The van der Waals surface area contributed by atoms with E-state index in [2.05, 4.69) is 5.32 Å². The van der Waals surface area contributed by atoms with Gasteiger partial charge in [0.2, 0.25) is 11.8 Å². The highest BCUT2D eigenvalue weighted by Gasteiger charge is 2.26. The van der Waals surface area contributed by atoms with E-state index >= 15 is 0 Å². The molecule has 0 bridgehead atoms. The third-order valence-electron chi connectivity index (χ3n) is 2.13. The number of nitrogens with two attached hydrogens (primary N) is 1. The zero-order chi connectivity index (χ0) is 13.5. The Morgan fingerprint density at radius 3 is 2.39 bits per heavy atom. The molecular formula is C11H24ClN3O3. The van der Waals surface area contributed by atoms with E-state index in [0.717, 1.165) is 6.42 Å². The second-order valence-corrected chi connectivity index (χ2v) is 4.58. The minimum absolute atomic E-state index is 0. The lowest BCUT2D eigenvalue weighted by Gasteiger charge is -2.25. The summed E-state index contributed by atoms with van der Waals surface area (Å²) in [5.41, 5.74) is 4.70. The van der Waals surface area contributed by atoms with Gasteiger partial charge in [-0.2, -0.15) is 0 Å². The molecule has 0 fully saturated rings. The average molecular weight is 282 g/mol. The maximum atomic E-state index is 11.7. The van der Waals surface area contributed by atoms with Gasteiger partial charge >= 0.3 is 0 Å². The van der Waals surface area contributed by atoms with Gasteiger partial charge in [-0.1, -0.05) is 0 Å². The number of methoxy groups -OCH3 is 1. The molecule has 0 aromatic rings. The minimum atomic E-state index is -0.953. The molecule has 18 heavy (non-hydrogen) atoms. The maximum absolute atomic E-state index is 11.7. The van der Waals surface area contributed by atoms with Crippen molar-refractivity contribution in [1.29, 1.82) is 0 Å². The van der Waals surface area contributed by atoms with Crippen LogP contribution in [-0.4, -0.2) is 56.1 Å². The van der Waals surface area contributed by atoms with Gasteiger partial charge in [-0.25, -0.2) is 0 Å². The van der Waals surface area contributed by atoms with Crippen LogP contribution in [0.15, 0.2) is 0 Å². The van der Waals surface area contributed by atoms with Crippen LogP contribution in [0.2, 0.25) is 0 Å². The smallest absolute Gasteiger partial charge is 0.242 e. The second-order valence-electron chi connectivity index (χ2n) is 4.58. The molecule has 0 unspecified atom stereocenters. The van der Waals surface area contributed by atoms with E-state index in [1.165, 1.54) is 4.90 Å². The summed E-state index contributed by atoms with van der Waals surface area (Å²) in [5.74, 6) is -0.453. The lowest BCUT2D eigenvalue weighted by Crippen LogP contribution is -2.52. The van der Waals surface area contributed by atoms with Crippen molar-refractivity contribution >= 4 is 24.2 Å². The first-order valence-corrected chi connectivity index (χ1v) is 5.59. The van der Waals surface area contributed by atoms with Gasteiger partial charge in [0.25, 0.3) is 0 Å². The number of carbonyl (C=O) groups excluding carboxylic acids is 2. The van der Waals surface area contributed by atoms with Crippen LogP contribution in [0.4, 0.5) is 0 Å². The normalized spacial score (nSPS) is 10.5. The molecule has 0 aliphatic heterocycles. The summed E-state index contributed by atoms with van der Waals surface area (Å²) in [7, 11) is 3.17. The van der Waals surface area contributed by atoms with Gasteiger partial charge in [-0.3, -0.25) is 9.59 Å². The number of carbonyl (C=O) groups is 2. The van der Waals surface area contributed by atoms with Crippen molar-refractivity contribution in [2.24, 2.45) is 5.73 Å². The van der Waals surface area contributed by atoms with Gasteiger partial charge in [0, 0.05) is 27.3 Å². The first kappa shape index (κ1) is 19.5. The van der Waals surface area contributed by atoms with E-state index in [9.17, 15) is 9.59 Å². The van der Waals surface area contributed by atoms with Crippen molar-refractivity contribution < 1.29 is 14.3 Å². The number of likely N-dealkylation sites (N-methyl/N-ethyl adjacent to an activating group) is 1. The number of rotatable bonds is 7. The summed E-state index contributed by atoms with van der Waals surface area (Å²) in [6, 6.07) is 0. The number of hydrogen-bond acceptors (Lipinski definition) is 4. The third kappa shape index (κ3) is 8.27. The van der Waals surface area contributed by atoms with Crippen LogP contribution >= 0.6 is 12.4 Å². The topological polar surface area (TPSA) is 84.7 Å². The van der Waals surface area contributed by atoms with E-state index in [-0.39, 0.29) is 30.8 Å². The molecule has 108 valence electrons. The van der Waals surface area contributed by atoms with Crippen molar-refractivity contribution in [3.63, 3.8) is 0 Å². The van der Waals surface area contributed by atoms with E-state index in [1.807, 2.05) is 0 Å². The maximum Gasteiger partial charge on any atom is 0.242 e. The molecule has 0 rings (SSSR count). The predicted octanol–water partition coefficient (Wildman–Crippen LogP) is -0.243. The highest BCUT2D eigenvalue weighted by Crippen LogP contribution is 2.01. The van der Waals surface area contributed by atoms with Gasteiger partial charge in [-0.15, -0.1) is 12.4 Å². The summed E-state index contributed by atoms with van der Waals surface area (Å²) >= 11 is 0. The molecule has 0 aromatic carbocycles. The molecule has 0 aliphatic rings. The van der Waals surface area contributed by atoms with Crippen molar-refractivity contribution in [1.82, 2.24) is 10.2 Å². The molecule has 0 aliphatic carbocycles. The van der Waals surface area contributed by atoms with Crippen LogP contribution in [0.3, 0.4) is 0 Å². The number of hydrogen-bond donors (Lipinski definition) is 2. The van der Waals surface area contributed by atoms with Crippen LogP contribution in [-0.2, 0) is 14.3 Å². The Morgan fingerprint density at radius 2 is 1.94 bits per heavy atom. The van der Waals surface area contributed by atoms with Gasteiger partial charge in [-0.05, 0) is 20.3 Å². The molecule has 3 N–H and O–H groups in total. The second kappa shape index (κ2) is 9.13. The Balaban J connectivity index is 0. The quantitative estimate of drug-likeness (QED) is 0.631. The fraction of sp³-hybridized carbons (Fsp3) is 0.818. The van der Waals surface area contributed by atoms with E-state index in [0.29, 0.717) is 13.2 Å². The van der Waals surface area contributed by atoms with E-state index < -0.39 is 5.54 Å². The predicted molar refractivity (Wildman–Crippen MR) is 72.7 cm³/mol. The molecule has 2 amide bonds. The molecule has 0 atom stereocenters. The Kier molecular flexibility index (Phi) is 9.88. The SMILES string of the molecule is COCCCNC(=O)CN(C)C(=O)C(C)(C)N.Cl. The van der Waals surface area contributed by atoms with Crippen molar-refractivity contribution in [2.45, 2.75) is 25.8 Å². The minimum Gasteiger partial charge on any atom is -0.385 e. The van der Waals surface area contributed by atoms with Crippen molar-refractivity contribution in [3.05, 3.63) is 0 Å². The standard InChI is InChI=1S/C11H23N3O3.ClH/c1-11(2,12)10(16)14(3)8-9(15)13-6-5-7-17-4;/h5-8,12H2,1-4H3,(H,13,15);1H. The molecule has 0 saturated carbocycles. The fourth-order valence-corrected chi connectivity index (χ4v) is 1.28. The Labute approximate surface area is 115 Å². The molecule has 7 heteroatoms. The monoisotopic (exact) mass is 281 g/mol. The van der Waals surface area contributed by atoms with Gasteiger partial charge < -0.3 is 20.7 Å². The van der Waals surface area contributed by atoms with E-state index in [1.54, 1.807) is 28.0 Å². The average Bonchev–Trinajstić information content (AvgIpc) is 2.22. The van der Waals surface area contributed by atoms with E-state index in [4.69, 9.17) is 10.5 Å². The highest BCUT2D eigenvalue weighted by molar-refractivity contribution is 5.89. The number of nitrogens with zero attached hydrogens (tertiary/aromatic N) is 1. The molecule has 0 radical (unpaired) electrons. The molecule has 0 spiro atoms. The van der Waals surface area contributed by atoms with Crippen LogP contribution in [0, 0.1) is 0 Å². The molecule has 6 nitrogen and oxygen atoms in total. The number of ether oxygens (including phenoxy) is 1. The fourth-order valence-electron chi connectivity index (χ4n) is 1.28. The zero-order valence-electron chi connectivity index (χ0n) is 11.5.